The Morgan fingerprint density at radius 3 is 2.28 bits per heavy atom. The minimum atomic E-state index is -0.174. The molecule has 1 atom stereocenters. The van der Waals surface area contributed by atoms with Gasteiger partial charge in [0.25, 0.3) is 0 Å². The van der Waals surface area contributed by atoms with Crippen molar-refractivity contribution in [1.29, 1.82) is 0 Å². The number of aryl methyl sites for hydroxylation is 1. The monoisotopic (exact) mass is 479 g/mol. The molecule has 0 bridgehead atoms. The average Bonchev–Trinajstić information content (AvgIpc) is 3.23. The molecule has 0 radical (unpaired) electrons. The summed E-state index contributed by atoms with van der Waals surface area (Å²) in [4.78, 5) is 15.0. The maximum Gasteiger partial charge on any atom is 0.220 e. The number of hydrogen-bond donors (Lipinski definition) is 1. The highest BCUT2D eigenvalue weighted by atomic mass is 16.1. The summed E-state index contributed by atoms with van der Waals surface area (Å²) in [6.07, 6.45) is 2.05. The number of amides is 1. The van der Waals surface area contributed by atoms with Gasteiger partial charge in [0.2, 0.25) is 5.91 Å². The third kappa shape index (κ3) is 5.89. The van der Waals surface area contributed by atoms with Gasteiger partial charge in [-0.3, -0.25) is 9.69 Å². The van der Waals surface area contributed by atoms with Crippen LogP contribution in [0.2, 0.25) is 0 Å². The number of aromatic nitrogens is 3. The second-order valence-corrected chi connectivity index (χ2v) is 9.49. The van der Waals surface area contributed by atoms with Crippen molar-refractivity contribution in [2.75, 3.05) is 13.1 Å². The van der Waals surface area contributed by atoms with Gasteiger partial charge in [-0.2, -0.15) is 0 Å². The fourth-order valence-corrected chi connectivity index (χ4v) is 4.84. The van der Waals surface area contributed by atoms with Crippen molar-refractivity contribution in [1.82, 2.24) is 25.0 Å². The van der Waals surface area contributed by atoms with Crippen LogP contribution in [-0.4, -0.2) is 38.7 Å². The third-order valence-electron chi connectivity index (χ3n) is 6.86. The molecule has 0 spiro atoms. The molecule has 0 unspecified atom stereocenters. The van der Waals surface area contributed by atoms with Crippen LogP contribution >= 0.6 is 0 Å². The first kappa shape index (κ1) is 23.9. The summed E-state index contributed by atoms with van der Waals surface area (Å²) in [6, 6.07) is 29.3. The molecule has 1 amide bonds. The summed E-state index contributed by atoms with van der Waals surface area (Å²) in [5.41, 5.74) is 4.97. The Bertz CT molecular complexity index is 1270. The minimum absolute atomic E-state index is 0.0397. The Balaban J connectivity index is 1.16. The number of fused-ring (bicyclic) bond motifs is 1. The Morgan fingerprint density at radius 1 is 0.833 bits per heavy atom. The molecular weight excluding hydrogens is 446 g/mol. The van der Waals surface area contributed by atoms with E-state index in [9.17, 15) is 4.79 Å². The van der Waals surface area contributed by atoms with Crippen molar-refractivity contribution < 1.29 is 4.79 Å². The van der Waals surface area contributed by atoms with E-state index in [1.54, 1.807) is 0 Å². The maximum absolute atomic E-state index is 12.6. The molecule has 6 heteroatoms. The number of benzene rings is 3. The number of nitrogens with zero attached hydrogens (tertiary/aromatic N) is 4. The first-order chi connectivity index (χ1) is 17.7. The van der Waals surface area contributed by atoms with Crippen LogP contribution in [0.5, 0.6) is 0 Å². The van der Waals surface area contributed by atoms with Gasteiger partial charge in [-0.05, 0) is 35.6 Å². The molecular formula is C30H33N5O. The molecule has 6 nitrogen and oxygen atoms in total. The largest absolute Gasteiger partial charge is 0.346 e. The van der Waals surface area contributed by atoms with E-state index in [4.69, 9.17) is 0 Å². The van der Waals surface area contributed by atoms with E-state index in [-0.39, 0.29) is 11.9 Å². The topological polar surface area (TPSA) is 63.1 Å². The van der Waals surface area contributed by atoms with Crippen molar-refractivity contribution in [3.05, 3.63) is 108 Å². The highest BCUT2D eigenvalue weighted by molar-refractivity contribution is 5.76. The predicted octanol–water partition coefficient (Wildman–Crippen LogP) is 4.81. The lowest BCUT2D eigenvalue weighted by Gasteiger charge is -2.20. The van der Waals surface area contributed by atoms with Gasteiger partial charge in [0, 0.05) is 39.0 Å². The zero-order valence-electron chi connectivity index (χ0n) is 20.8. The SMILES string of the molecule is C[C@H](NC(=O)CCc1ccccc1)c1nnc2n1CCN(Cc1ccc(-c3ccccc3)cc1)CC2. The van der Waals surface area contributed by atoms with Crippen LogP contribution in [0, 0.1) is 0 Å². The molecule has 0 saturated carbocycles. The molecule has 5 rings (SSSR count). The van der Waals surface area contributed by atoms with E-state index in [2.05, 4.69) is 85.6 Å². The molecule has 0 aliphatic carbocycles. The number of nitrogens with one attached hydrogen (secondary N) is 1. The smallest absolute Gasteiger partial charge is 0.220 e. The predicted molar refractivity (Wildman–Crippen MR) is 142 cm³/mol. The van der Waals surface area contributed by atoms with Crippen LogP contribution in [-0.2, 0) is 30.7 Å². The highest BCUT2D eigenvalue weighted by Gasteiger charge is 2.22. The lowest BCUT2D eigenvalue weighted by Crippen LogP contribution is -2.30. The summed E-state index contributed by atoms with van der Waals surface area (Å²) in [7, 11) is 0. The molecule has 1 N–H and O–H groups in total. The second kappa shape index (κ2) is 11.3. The Hall–Kier alpha value is -3.77. The van der Waals surface area contributed by atoms with Gasteiger partial charge in [-0.25, -0.2) is 0 Å². The molecule has 2 heterocycles. The van der Waals surface area contributed by atoms with Crippen molar-refractivity contribution in [2.45, 2.75) is 45.3 Å². The van der Waals surface area contributed by atoms with Crippen LogP contribution in [0.25, 0.3) is 11.1 Å². The summed E-state index contributed by atoms with van der Waals surface area (Å²) < 4.78 is 2.20. The van der Waals surface area contributed by atoms with Gasteiger partial charge in [0.1, 0.15) is 5.82 Å². The fourth-order valence-electron chi connectivity index (χ4n) is 4.84. The van der Waals surface area contributed by atoms with E-state index in [0.717, 1.165) is 50.7 Å². The molecule has 1 aliphatic rings. The van der Waals surface area contributed by atoms with Crippen molar-refractivity contribution in [3.63, 3.8) is 0 Å². The number of carbonyl (C=O) groups is 1. The first-order valence-corrected chi connectivity index (χ1v) is 12.8. The molecule has 36 heavy (non-hydrogen) atoms. The highest BCUT2D eigenvalue weighted by Crippen LogP contribution is 2.21. The molecule has 4 aromatic rings. The first-order valence-electron chi connectivity index (χ1n) is 12.8. The van der Waals surface area contributed by atoms with Crippen LogP contribution in [0.4, 0.5) is 0 Å². The maximum atomic E-state index is 12.6. The van der Waals surface area contributed by atoms with Crippen LogP contribution in [0.15, 0.2) is 84.9 Å². The summed E-state index contributed by atoms with van der Waals surface area (Å²) in [6.45, 7) is 5.59. The zero-order valence-corrected chi connectivity index (χ0v) is 20.8. The fraction of sp³-hybridized carbons (Fsp3) is 0.300. The average molecular weight is 480 g/mol. The third-order valence-corrected chi connectivity index (χ3v) is 6.86. The lowest BCUT2D eigenvalue weighted by molar-refractivity contribution is -0.121. The van der Waals surface area contributed by atoms with Crippen molar-refractivity contribution in [3.8, 4) is 11.1 Å². The number of hydrogen-bond acceptors (Lipinski definition) is 4. The quantitative estimate of drug-likeness (QED) is 0.394. The van der Waals surface area contributed by atoms with Gasteiger partial charge in [0.05, 0.1) is 6.04 Å². The van der Waals surface area contributed by atoms with Gasteiger partial charge >= 0.3 is 0 Å². The Morgan fingerprint density at radius 2 is 1.53 bits per heavy atom. The summed E-state index contributed by atoms with van der Waals surface area (Å²) in [5.74, 6) is 1.88. The van der Waals surface area contributed by atoms with E-state index in [1.165, 1.54) is 22.3 Å². The summed E-state index contributed by atoms with van der Waals surface area (Å²) >= 11 is 0. The van der Waals surface area contributed by atoms with Crippen LogP contribution < -0.4 is 5.32 Å². The minimum Gasteiger partial charge on any atom is -0.346 e. The Labute approximate surface area is 213 Å². The van der Waals surface area contributed by atoms with Gasteiger partial charge < -0.3 is 9.88 Å². The van der Waals surface area contributed by atoms with Crippen molar-refractivity contribution >= 4 is 5.91 Å². The van der Waals surface area contributed by atoms with Crippen LogP contribution in [0.1, 0.15) is 42.2 Å². The molecule has 1 aliphatic heterocycles. The lowest BCUT2D eigenvalue weighted by atomic mass is 10.0. The van der Waals surface area contributed by atoms with Gasteiger partial charge in [-0.15, -0.1) is 10.2 Å². The van der Waals surface area contributed by atoms with E-state index < -0.39 is 0 Å². The van der Waals surface area contributed by atoms with Gasteiger partial charge in [-0.1, -0.05) is 84.9 Å². The second-order valence-electron chi connectivity index (χ2n) is 9.49. The van der Waals surface area contributed by atoms with Gasteiger partial charge in [0.15, 0.2) is 5.82 Å². The van der Waals surface area contributed by atoms with E-state index in [0.29, 0.717) is 6.42 Å². The molecule has 1 aromatic heterocycles. The zero-order chi connectivity index (χ0) is 24.7. The number of rotatable bonds is 8. The van der Waals surface area contributed by atoms with E-state index in [1.807, 2.05) is 31.2 Å². The standard InChI is InChI=1S/C30H33N5O/c1-23(31-29(36)17-14-24-8-4-2-5-9-24)30-33-32-28-18-19-34(20-21-35(28)30)22-25-12-15-27(16-13-25)26-10-6-3-7-11-26/h2-13,15-16,23H,14,17-22H2,1H3,(H,31,36)/t23-/m0/s1. The van der Waals surface area contributed by atoms with Crippen LogP contribution in [0.3, 0.4) is 0 Å². The van der Waals surface area contributed by atoms with Crippen molar-refractivity contribution in [2.24, 2.45) is 0 Å². The number of carbonyl (C=O) groups excluding carboxylic acids is 1. The normalized spacial score (nSPS) is 14.6. The van der Waals surface area contributed by atoms with E-state index >= 15 is 0 Å². The molecule has 0 saturated heterocycles. The molecule has 3 aromatic carbocycles. The Kier molecular flexibility index (Phi) is 7.52. The summed E-state index contributed by atoms with van der Waals surface area (Å²) in [5, 5.41) is 12.0. The molecule has 184 valence electrons. The molecule has 0 fully saturated rings.